The van der Waals surface area contributed by atoms with Crippen LogP contribution in [-0.4, -0.2) is 9.97 Å². The van der Waals surface area contributed by atoms with Crippen LogP contribution in [0.4, 0.5) is 5.69 Å². The van der Waals surface area contributed by atoms with Gasteiger partial charge >= 0.3 is 0 Å². The van der Waals surface area contributed by atoms with Crippen molar-refractivity contribution in [2.24, 2.45) is 0 Å². The second-order valence-electron chi connectivity index (χ2n) is 5.56. The molecule has 102 valence electrons. The summed E-state index contributed by atoms with van der Waals surface area (Å²) in [4.78, 5) is 8.13. The lowest BCUT2D eigenvalue weighted by Crippen LogP contribution is -2.04. The second-order valence-corrected chi connectivity index (χ2v) is 5.99. The van der Waals surface area contributed by atoms with E-state index in [1.807, 2.05) is 6.07 Å². The van der Waals surface area contributed by atoms with E-state index >= 15 is 0 Å². The molecule has 0 spiro atoms. The van der Waals surface area contributed by atoms with Gasteiger partial charge < -0.3 is 10.7 Å². The van der Waals surface area contributed by atoms with Crippen molar-refractivity contribution in [3.63, 3.8) is 0 Å². The van der Waals surface area contributed by atoms with Crippen LogP contribution < -0.4 is 5.73 Å². The molecule has 1 saturated carbocycles. The van der Waals surface area contributed by atoms with E-state index in [1.54, 1.807) is 6.07 Å². The molecule has 0 bridgehead atoms. The predicted octanol–water partition coefficient (Wildman–Crippen LogP) is 4.63. The SMILES string of the molecule is Nc1cc(Cl)cc2[nH]c(C3CCCCCCC3)nc12. The van der Waals surface area contributed by atoms with Crippen molar-refractivity contribution in [3.8, 4) is 0 Å². The Morgan fingerprint density at radius 2 is 1.79 bits per heavy atom. The van der Waals surface area contributed by atoms with Crippen molar-refractivity contribution in [1.29, 1.82) is 0 Å². The van der Waals surface area contributed by atoms with Crippen LogP contribution in [0.1, 0.15) is 56.7 Å². The van der Waals surface area contributed by atoms with E-state index in [1.165, 1.54) is 44.9 Å². The number of hydrogen-bond acceptors (Lipinski definition) is 2. The maximum Gasteiger partial charge on any atom is 0.112 e. The number of nitrogen functional groups attached to an aromatic ring is 1. The number of H-pyrrole nitrogens is 1. The first kappa shape index (κ1) is 12.8. The average molecular weight is 278 g/mol. The molecular weight excluding hydrogens is 258 g/mol. The summed E-state index contributed by atoms with van der Waals surface area (Å²) in [5.74, 6) is 1.64. The highest BCUT2D eigenvalue weighted by Crippen LogP contribution is 2.32. The van der Waals surface area contributed by atoms with Gasteiger partial charge in [-0.15, -0.1) is 0 Å². The molecule has 3 rings (SSSR count). The monoisotopic (exact) mass is 277 g/mol. The average Bonchev–Trinajstić information content (AvgIpc) is 2.72. The molecule has 0 saturated heterocycles. The lowest BCUT2D eigenvalue weighted by molar-refractivity contribution is 0.445. The van der Waals surface area contributed by atoms with Crippen LogP contribution in [0.2, 0.25) is 5.02 Å². The Morgan fingerprint density at radius 3 is 2.53 bits per heavy atom. The highest BCUT2D eigenvalue weighted by Gasteiger charge is 2.18. The highest BCUT2D eigenvalue weighted by atomic mass is 35.5. The van der Waals surface area contributed by atoms with E-state index in [2.05, 4.69) is 4.98 Å². The maximum absolute atomic E-state index is 6.04. The third kappa shape index (κ3) is 2.71. The number of imidazole rings is 1. The smallest absolute Gasteiger partial charge is 0.112 e. The molecule has 3 nitrogen and oxygen atoms in total. The van der Waals surface area contributed by atoms with E-state index in [-0.39, 0.29) is 0 Å². The molecule has 1 aliphatic carbocycles. The molecule has 0 aliphatic heterocycles. The van der Waals surface area contributed by atoms with Crippen molar-refractivity contribution in [2.75, 3.05) is 5.73 Å². The summed E-state index contributed by atoms with van der Waals surface area (Å²) in [6.07, 6.45) is 9.15. The number of aromatic amines is 1. The summed E-state index contributed by atoms with van der Waals surface area (Å²) in [6.45, 7) is 0. The zero-order valence-electron chi connectivity index (χ0n) is 11.1. The Labute approximate surface area is 118 Å². The highest BCUT2D eigenvalue weighted by molar-refractivity contribution is 6.31. The Kier molecular flexibility index (Phi) is 3.65. The van der Waals surface area contributed by atoms with Gasteiger partial charge in [0.2, 0.25) is 0 Å². The molecule has 1 aromatic heterocycles. The van der Waals surface area contributed by atoms with Crippen molar-refractivity contribution < 1.29 is 0 Å². The van der Waals surface area contributed by atoms with Crippen molar-refractivity contribution in [1.82, 2.24) is 9.97 Å². The molecule has 0 atom stereocenters. The van der Waals surface area contributed by atoms with E-state index in [0.717, 1.165) is 16.9 Å². The van der Waals surface area contributed by atoms with Gasteiger partial charge in [-0.1, -0.05) is 43.7 Å². The summed E-state index contributed by atoms with van der Waals surface area (Å²) in [7, 11) is 0. The van der Waals surface area contributed by atoms with Crippen LogP contribution in [0.15, 0.2) is 12.1 Å². The number of nitrogens with zero attached hydrogens (tertiary/aromatic N) is 1. The summed E-state index contributed by atoms with van der Waals surface area (Å²) >= 11 is 6.04. The minimum Gasteiger partial charge on any atom is -0.397 e. The van der Waals surface area contributed by atoms with Crippen LogP contribution in [-0.2, 0) is 0 Å². The fourth-order valence-electron chi connectivity index (χ4n) is 3.05. The van der Waals surface area contributed by atoms with Gasteiger partial charge in [0.05, 0.1) is 11.2 Å². The minimum atomic E-state index is 0.547. The summed E-state index contributed by atoms with van der Waals surface area (Å²) < 4.78 is 0. The summed E-state index contributed by atoms with van der Waals surface area (Å²) in [5, 5.41) is 0.665. The Balaban J connectivity index is 1.93. The van der Waals surface area contributed by atoms with Gasteiger partial charge in [0.15, 0.2) is 0 Å². The van der Waals surface area contributed by atoms with Crippen molar-refractivity contribution in [2.45, 2.75) is 50.9 Å². The van der Waals surface area contributed by atoms with Gasteiger partial charge in [0.25, 0.3) is 0 Å². The second kappa shape index (κ2) is 5.41. The van der Waals surface area contributed by atoms with Crippen molar-refractivity contribution >= 4 is 28.3 Å². The van der Waals surface area contributed by atoms with Crippen molar-refractivity contribution in [3.05, 3.63) is 23.0 Å². The molecule has 4 heteroatoms. The zero-order valence-corrected chi connectivity index (χ0v) is 11.8. The third-order valence-electron chi connectivity index (χ3n) is 4.09. The number of nitrogens with two attached hydrogens (primary N) is 1. The van der Waals surface area contributed by atoms with Gasteiger partial charge in [-0.25, -0.2) is 4.98 Å². The number of nitrogens with one attached hydrogen (secondary N) is 1. The number of anilines is 1. The lowest BCUT2D eigenvalue weighted by Gasteiger charge is -2.17. The first-order chi connectivity index (χ1) is 9.24. The Hall–Kier alpha value is -1.22. The van der Waals surface area contributed by atoms with E-state index < -0.39 is 0 Å². The molecule has 0 amide bonds. The normalized spacial score (nSPS) is 18.4. The van der Waals surface area contributed by atoms with E-state index in [4.69, 9.17) is 22.3 Å². The summed E-state index contributed by atoms with van der Waals surface area (Å²) in [6, 6.07) is 3.68. The third-order valence-corrected chi connectivity index (χ3v) is 4.31. The molecule has 1 fully saturated rings. The molecular formula is C15H20ClN3. The minimum absolute atomic E-state index is 0.547. The number of halogens is 1. The van der Waals surface area contributed by atoms with Gasteiger partial charge in [-0.05, 0) is 25.0 Å². The molecule has 2 aromatic rings. The number of hydrogen-bond donors (Lipinski definition) is 2. The number of fused-ring (bicyclic) bond motifs is 1. The first-order valence-electron chi connectivity index (χ1n) is 7.18. The van der Waals surface area contributed by atoms with Gasteiger partial charge in [-0.2, -0.15) is 0 Å². The van der Waals surface area contributed by atoms with Gasteiger partial charge in [0, 0.05) is 10.9 Å². The maximum atomic E-state index is 6.04. The summed E-state index contributed by atoms with van der Waals surface area (Å²) in [5.41, 5.74) is 8.47. The Bertz CT molecular complexity index is 568. The fraction of sp³-hybridized carbons (Fsp3) is 0.533. The fourth-order valence-corrected chi connectivity index (χ4v) is 3.28. The van der Waals surface area contributed by atoms with Crippen LogP contribution in [0.25, 0.3) is 11.0 Å². The topological polar surface area (TPSA) is 54.7 Å². The number of benzene rings is 1. The molecule has 1 heterocycles. The molecule has 3 N–H and O–H groups in total. The molecule has 1 aliphatic rings. The molecule has 1 aromatic carbocycles. The molecule has 0 radical (unpaired) electrons. The largest absolute Gasteiger partial charge is 0.397 e. The standard InChI is InChI=1S/C15H20ClN3/c16-11-8-12(17)14-13(9-11)18-15(19-14)10-6-4-2-1-3-5-7-10/h8-10H,1-7,17H2,(H,18,19). The molecule has 0 unspecified atom stereocenters. The zero-order chi connectivity index (χ0) is 13.2. The van der Waals surface area contributed by atoms with Gasteiger partial charge in [0.1, 0.15) is 11.3 Å². The first-order valence-corrected chi connectivity index (χ1v) is 7.56. The molecule has 19 heavy (non-hydrogen) atoms. The number of aromatic nitrogens is 2. The van der Waals surface area contributed by atoms with E-state index in [9.17, 15) is 0 Å². The van der Waals surface area contributed by atoms with E-state index in [0.29, 0.717) is 16.6 Å². The van der Waals surface area contributed by atoms with Crippen LogP contribution in [0.3, 0.4) is 0 Å². The van der Waals surface area contributed by atoms with Gasteiger partial charge in [-0.3, -0.25) is 0 Å². The van der Waals surface area contributed by atoms with Crippen LogP contribution >= 0.6 is 11.6 Å². The Morgan fingerprint density at radius 1 is 1.11 bits per heavy atom. The quantitative estimate of drug-likeness (QED) is 0.747. The van der Waals surface area contributed by atoms with Crippen LogP contribution in [0.5, 0.6) is 0 Å². The predicted molar refractivity (Wildman–Crippen MR) is 80.6 cm³/mol. The lowest BCUT2D eigenvalue weighted by atomic mass is 9.91. The number of rotatable bonds is 1. The van der Waals surface area contributed by atoms with Crippen LogP contribution in [0, 0.1) is 0 Å².